The van der Waals surface area contributed by atoms with Crippen LogP contribution in [0.5, 0.6) is 0 Å². The van der Waals surface area contributed by atoms with Gasteiger partial charge in [-0.3, -0.25) is 10.1 Å². The Bertz CT molecular complexity index is 731. The average Bonchev–Trinajstić information content (AvgIpc) is 3.56. The largest absolute Gasteiger partial charge is 0.378 e. The Hall–Kier alpha value is -1.45. The van der Waals surface area contributed by atoms with E-state index in [0.29, 0.717) is 29.9 Å². The van der Waals surface area contributed by atoms with Crippen LogP contribution in [-0.2, 0) is 9.47 Å². The maximum Gasteiger partial charge on any atom is 0.369 e. The number of nitro groups is 1. The summed E-state index contributed by atoms with van der Waals surface area (Å²) in [5.41, 5.74) is 0. The van der Waals surface area contributed by atoms with Crippen molar-refractivity contribution >= 4 is 27.3 Å². The van der Waals surface area contributed by atoms with Gasteiger partial charge in [0.15, 0.2) is 5.13 Å². The smallest absolute Gasteiger partial charge is 0.369 e. The molecule has 0 aliphatic carbocycles. The molecule has 5 heterocycles. The fraction of sp³-hybridized carbons (Fsp3) is 0.857. The van der Waals surface area contributed by atoms with Crippen molar-refractivity contribution in [3.8, 4) is 0 Å². The summed E-state index contributed by atoms with van der Waals surface area (Å²) in [4.78, 5) is 20.7. The minimum Gasteiger partial charge on any atom is -0.378 e. The zero-order valence-electron chi connectivity index (χ0n) is 17.5. The van der Waals surface area contributed by atoms with Crippen molar-refractivity contribution in [1.29, 1.82) is 0 Å². The van der Waals surface area contributed by atoms with Gasteiger partial charge in [-0.1, -0.05) is 0 Å². The summed E-state index contributed by atoms with van der Waals surface area (Å²) in [6.07, 6.45) is 9.71. The summed E-state index contributed by atoms with van der Waals surface area (Å²) in [5, 5.41) is 12.8. The molecule has 0 radical (unpaired) electrons. The van der Waals surface area contributed by atoms with E-state index < -0.39 is 0 Å². The number of rotatable bonds is 5. The van der Waals surface area contributed by atoms with Crippen molar-refractivity contribution in [3.63, 3.8) is 0 Å². The van der Waals surface area contributed by atoms with E-state index in [2.05, 4.69) is 9.80 Å². The predicted molar refractivity (Wildman–Crippen MR) is 117 cm³/mol. The molecule has 0 N–H and O–H groups in total. The van der Waals surface area contributed by atoms with Gasteiger partial charge in [0.2, 0.25) is 5.82 Å². The molecule has 1 aromatic rings. The van der Waals surface area contributed by atoms with Crippen LogP contribution in [0.2, 0.25) is 0 Å². The van der Waals surface area contributed by atoms with Gasteiger partial charge in [-0.15, -0.1) is 0 Å². The van der Waals surface area contributed by atoms with Gasteiger partial charge in [0.25, 0.3) is 0 Å². The highest BCUT2D eigenvalue weighted by Crippen LogP contribution is 2.42. The highest BCUT2D eigenvalue weighted by Gasteiger charge is 2.35. The Kier molecular flexibility index (Phi) is 6.11. The van der Waals surface area contributed by atoms with Crippen LogP contribution >= 0.6 is 11.3 Å². The monoisotopic (exact) mass is 436 g/mol. The molecule has 0 amide bonds. The van der Waals surface area contributed by atoms with E-state index in [4.69, 9.17) is 14.5 Å². The number of nitrogens with zero attached hydrogens (tertiary/aromatic N) is 4. The molecular weight excluding hydrogens is 404 g/mol. The first-order valence-electron chi connectivity index (χ1n) is 11.6. The maximum atomic E-state index is 11.8. The maximum absolute atomic E-state index is 11.8. The minimum absolute atomic E-state index is 0.196. The van der Waals surface area contributed by atoms with Gasteiger partial charge in [0.1, 0.15) is 0 Å². The van der Waals surface area contributed by atoms with E-state index in [-0.39, 0.29) is 9.92 Å². The predicted octanol–water partition coefficient (Wildman–Crippen LogP) is 3.84. The number of hydrogen-bond donors (Lipinski definition) is 0. The first-order valence-corrected chi connectivity index (χ1v) is 12.4. The Labute approximate surface area is 181 Å². The van der Waals surface area contributed by atoms with Gasteiger partial charge in [-0.2, -0.15) is 4.98 Å². The lowest BCUT2D eigenvalue weighted by molar-refractivity contribution is -0.379. The highest BCUT2D eigenvalue weighted by atomic mass is 32.1. The highest BCUT2D eigenvalue weighted by molar-refractivity contribution is 7.19. The van der Waals surface area contributed by atoms with E-state index in [1.54, 1.807) is 0 Å². The molecule has 8 nitrogen and oxygen atoms in total. The number of aromatic nitrogens is 1. The first-order chi connectivity index (χ1) is 14.7. The van der Waals surface area contributed by atoms with Gasteiger partial charge in [-0.05, 0) is 74.5 Å². The summed E-state index contributed by atoms with van der Waals surface area (Å²) in [6.45, 7) is 5.27. The Morgan fingerprint density at radius 3 is 1.87 bits per heavy atom. The van der Waals surface area contributed by atoms with Crippen LogP contribution in [0.3, 0.4) is 0 Å². The summed E-state index contributed by atoms with van der Waals surface area (Å²) >= 11 is 1.25. The number of ether oxygens (including phenoxy) is 2. The summed E-state index contributed by atoms with van der Waals surface area (Å²) in [5.74, 6) is 1.78. The fourth-order valence-corrected chi connectivity index (χ4v) is 6.61. The standard InChI is InChI=1S/C21H32N4O4S/c26-25(27)20-19(23-9-5-15(6-10-23)17-3-1-13-28-17)22-21(30-20)24-11-7-16(8-12-24)18-4-2-14-29-18/h15-18H,1-14H2. The molecule has 4 aliphatic rings. The van der Waals surface area contributed by atoms with Crippen LogP contribution < -0.4 is 9.80 Å². The van der Waals surface area contributed by atoms with Crippen molar-refractivity contribution < 1.29 is 14.4 Å². The molecule has 4 fully saturated rings. The Balaban J connectivity index is 1.23. The van der Waals surface area contributed by atoms with Crippen LogP contribution in [-0.4, -0.2) is 61.5 Å². The van der Waals surface area contributed by atoms with E-state index in [1.807, 2.05) is 0 Å². The van der Waals surface area contributed by atoms with Crippen molar-refractivity contribution in [3.05, 3.63) is 10.1 Å². The van der Waals surface area contributed by atoms with Crippen LogP contribution in [0.1, 0.15) is 51.4 Å². The zero-order chi connectivity index (χ0) is 20.5. The van der Waals surface area contributed by atoms with E-state index >= 15 is 0 Å². The van der Waals surface area contributed by atoms with Crippen molar-refractivity contribution in [2.45, 2.75) is 63.6 Å². The molecule has 5 rings (SSSR count). The quantitative estimate of drug-likeness (QED) is 0.512. The van der Waals surface area contributed by atoms with Crippen molar-refractivity contribution in [2.75, 3.05) is 49.2 Å². The number of thiazole rings is 1. The summed E-state index contributed by atoms with van der Waals surface area (Å²) < 4.78 is 11.7. The Morgan fingerprint density at radius 1 is 0.867 bits per heavy atom. The molecule has 4 saturated heterocycles. The molecule has 0 saturated carbocycles. The number of piperidine rings is 2. The lowest BCUT2D eigenvalue weighted by atomic mass is 9.90. The lowest BCUT2D eigenvalue weighted by Gasteiger charge is -2.35. The second-order valence-corrected chi connectivity index (χ2v) is 10.1. The topological polar surface area (TPSA) is 81.0 Å². The van der Waals surface area contributed by atoms with Crippen LogP contribution in [0.25, 0.3) is 0 Å². The van der Waals surface area contributed by atoms with Gasteiger partial charge in [-0.25, -0.2) is 0 Å². The van der Waals surface area contributed by atoms with Crippen molar-refractivity contribution in [1.82, 2.24) is 4.98 Å². The molecule has 1 aromatic heterocycles. The van der Waals surface area contributed by atoms with Gasteiger partial charge >= 0.3 is 5.00 Å². The van der Waals surface area contributed by atoms with Crippen molar-refractivity contribution in [2.24, 2.45) is 11.8 Å². The van der Waals surface area contributed by atoms with Gasteiger partial charge in [0, 0.05) is 39.4 Å². The third kappa shape index (κ3) is 4.16. The first kappa shape index (κ1) is 20.5. The van der Waals surface area contributed by atoms with Gasteiger partial charge < -0.3 is 19.3 Å². The molecular formula is C21H32N4O4S. The van der Waals surface area contributed by atoms with Crippen LogP contribution in [0.15, 0.2) is 0 Å². The van der Waals surface area contributed by atoms with E-state index in [9.17, 15) is 10.1 Å². The second kappa shape index (κ2) is 8.96. The molecule has 0 aromatic carbocycles. The average molecular weight is 437 g/mol. The van der Waals surface area contributed by atoms with Crippen LogP contribution in [0.4, 0.5) is 16.0 Å². The molecule has 0 bridgehead atoms. The minimum atomic E-state index is -0.248. The molecule has 0 spiro atoms. The molecule has 2 atom stereocenters. The molecule has 4 aliphatic heterocycles. The third-order valence-corrected chi connectivity index (χ3v) is 8.43. The normalized spacial score (nSPS) is 29.1. The molecule has 9 heteroatoms. The molecule has 166 valence electrons. The van der Waals surface area contributed by atoms with Crippen LogP contribution in [0, 0.1) is 22.0 Å². The van der Waals surface area contributed by atoms with E-state index in [0.717, 1.165) is 83.0 Å². The zero-order valence-corrected chi connectivity index (χ0v) is 18.4. The second-order valence-electron chi connectivity index (χ2n) is 9.13. The number of anilines is 2. The summed E-state index contributed by atoms with van der Waals surface area (Å²) in [7, 11) is 0. The Morgan fingerprint density at radius 2 is 1.40 bits per heavy atom. The van der Waals surface area contributed by atoms with E-state index in [1.165, 1.54) is 24.2 Å². The molecule has 30 heavy (non-hydrogen) atoms. The van der Waals surface area contributed by atoms with Gasteiger partial charge in [0.05, 0.1) is 17.1 Å². The fourth-order valence-electron chi connectivity index (χ4n) is 5.65. The number of hydrogen-bond acceptors (Lipinski definition) is 8. The summed E-state index contributed by atoms with van der Waals surface area (Å²) in [6, 6.07) is 0. The lowest BCUT2D eigenvalue weighted by Crippen LogP contribution is -2.38. The molecule has 2 unspecified atom stereocenters. The third-order valence-electron chi connectivity index (χ3n) is 7.38. The SMILES string of the molecule is O=[N+]([O-])c1sc(N2CCC(C3CCCO3)CC2)nc1N1CCC(C2CCCO2)CC1.